The van der Waals surface area contributed by atoms with Crippen molar-refractivity contribution in [2.75, 3.05) is 14.2 Å². The van der Waals surface area contributed by atoms with E-state index in [1.807, 2.05) is 0 Å². The lowest BCUT2D eigenvalue weighted by Gasteiger charge is -2.07. The van der Waals surface area contributed by atoms with Crippen LogP contribution in [-0.2, 0) is 0 Å². The second-order valence-electron chi connectivity index (χ2n) is 2.69. The van der Waals surface area contributed by atoms with Gasteiger partial charge in [-0.1, -0.05) is 0 Å². The fourth-order valence-corrected chi connectivity index (χ4v) is 1.12. The van der Waals surface area contributed by atoms with Crippen LogP contribution in [0, 0.1) is 5.53 Å². The summed E-state index contributed by atoms with van der Waals surface area (Å²) in [5.41, 5.74) is 6.96. The first-order valence-electron chi connectivity index (χ1n) is 4.19. The number of Topliss-reactive ketones (excluding diaryl/α,β-unsaturated/α-hetero) is 1. The minimum atomic E-state index is -0.342. The molecule has 0 radical (unpaired) electrons. The highest BCUT2D eigenvalue weighted by atomic mass is 16.5. The molecule has 5 nitrogen and oxygen atoms in total. The van der Waals surface area contributed by atoms with Gasteiger partial charge < -0.3 is 9.47 Å². The van der Waals surface area contributed by atoms with Crippen LogP contribution in [0.3, 0.4) is 0 Å². The summed E-state index contributed by atoms with van der Waals surface area (Å²) in [6.45, 7) is 0. The van der Waals surface area contributed by atoms with Crippen LogP contribution in [0.5, 0.6) is 11.5 Å². The largest absolute Gasteiger partial charge is 0.493 e. The second-order valence-corrected chi connectivity index (χ2v) is 2.69. The standard InChI is InChI=1S/C10H11N2O3/c1-14-9-4-3-7(5-10(9)15-2)8(13)6-12-11/h3-6,11H,1-2H3/q+1. The van der Waals surface area contributed by atoms with Crippen LogP contribution in [0.15, 0.2) is 18.2 Å². The van der Waals surface area contributed by atoms with Gasteiger partial charge in [-0.15, -0.1) is 0 Å². The van der Waals surface area contributed by atoms with Gasteiger partial charge in [0.25, 0.3) is 5.78 Å². The zero-order valence-electron chi connectivity index (χ0n) is 8.48. The average molecular weight is 207 g/mol. The Morgan fingerprint density at radius 1 is 1.33 bits per heavy atom. The number of rotatable bonds is 4. The van der Waals surface area contributed by atoms with Gasteiger partial charge in [0.15, 0.2) is 11.5 Å². The molecule has 0 heterocycles. The quantitative estimate of drug-likeness (QED) is 0.349. The van der Waals surface area contributed by atoms with Crippen molar-refractivity contribution in [2.24, 2.45) is 0 Å². The number of ketones is 1. The first-order chi connectivity index (χ1) is 7.22. The normalized spacial score (nSPS) is 8.93. The maximum atomic E-state index is 11.3. The first kappa shape index (κ1) is 10.9. The van der Waals surface area contributed by atoms with Crippen LogP contribution in [-0.4, -0.2) is 31.0 Å². The molecule has 1 N–H and O–H groups in total. The number of hydrogen-bond acceptors (Lipinski definition) is 4. The van der Waals surface area contributed by atoms with E-state index in [-0.39, 0.29) is 5.78 Å². The van der Waals surface area contributed by atoms with Crippen LogP contribution in [0.1, 0.15) is 10.4 Å². The maximum absolute atomic E-state index is 11.3. The average Bonchev–Trinajstić information content (AvgIpc) is 2.28. The fourth-order valence-electron chi connectivity index (χ4n) is 1.12. The molecule has 1 rings (SSSR count). The Hall–Kier alpha value is -2.13. The van der Waals surface area contributed by atoms with Gasteiger partial charge in [-0.2, -0.15) is 0 Å². The van der Waals surface area contributed by atoms with Crippen LogP contribution in [0.25, 0.3) is 0 Å². The summed E-state index contributed by atoms with van der Waals surface area (Å²) < 4.78 is 10.1. The number of benzene rings is 1. The second kappa shape index (κ2) is 4.93. The lowest BCUT2D eigenvalue weighted by atomic mass is 10.1. The predicted octanol–water partition coefficient (Wildman–Crippen LogP) is 1.20. The zero-order chi connectivity index (χ0) is 11.3. The Morgan fingerprint density at radius 3 is 2.53 bits per heavy atom. The minimum absolute atomic E-state index is 0.342. The molecule has 0 aromatic heterocycles. The van der Waals surface area contributed by atoms with E-state index in [9.17, 15) is 4.79 Å². The summed E-state index contributed by atoms with van der Waals surface area (Å²) in [5.74, 6) is 0.685. The molecule has 0 amide bonds. The van der Waals surface area contributed by atoms with E-state index in [4.69, 9.17) is 15.0 Å². The Morgan fingerprint density at radius 2 is 2.00 bits per heavy atom. The van der Waals surface area contributed by atoms with Gasteiger partial charge in [-0.3, -0.25) is 4.79 Å². The lowest BCUT2D eigenvalue weighted by molar-refractivity contribution is -0.111. The molecule has 5 heteroatoms. The Labute approximate surface area is 86.9 Å². The molecule has 0 bridgehead atoms. The number of nitrogens with one attached hydrogen (secondary N) is 1. The molecule has 0 aliphatic rings. The van der Waals surface area contributed by atoms with E-state index in [1.165, 1.54) is 14.2 Å². The van der Waals surface area contributed by atoms with Gasteiger partial charge in [-0.25, -0.2) is 0 Å². The molecule has 1 aromatic rings. The van der Waals surface area contributed by atoms with Gasteiger partial charge in [0, 0.05) is 5.56 Å². The van der Waals surface area contributed by atoms with E-state index in [1.54, 1.807) is 18.2 Å². The summed E-state index contributed by atoms with van der Waals surface area (Å²) in [6, 6.07) is 4.76. The molecule has 0 saturated heterocycles. The fraction of sp³-hybridized carbons (Fsp3) is 0.200. The van der Waals surface area contributed by atoms with Crippen molar-refractivity contribution in [2.45, 2.75) is 0 Å². The SMILES string of the molecule is COc1ccc(C(=O)C=[N+]=N)cc1OC. The molecular formula is C10H11N2O3+. The van der Waals surface area contributed by atoms with Crippen LogP contribution in [0.2, 0.25) is 0 Å². The topological polar surface area (TPSA) is 73.5 Å². The number of methoxy groups -OCH3 is 2. The molecule has 1 aromatic carbocycles. The molecule has 0 atom stereocenters. The van der Waals surface area contributed by atoms with Crippen molar-refractivity contribution < 1.29 is 19.1 Å². The molecule has 78 valence electrons. The Kier molecular flexibility index (Phi) is 3.60. The highest BCUT2D eigenvalue weighted by Crippen LogP contribution is 2.27. The smallest absolute Gasteiger partial charge is 0.377 e. The van der Waals surface area contributed by atoms with Crippen LogP contribution >= 0.6 is 0 Å². The van der Waals surface area contributed by atoms with E-state index in [0.29, 0.717) is 17.1 Å². The predicted molar refractivity (Wildman–Crippen MR) is 52.9 cm³/mol. The molecule has 0 saturated carbocycles. The zero-order valence-corrected chi connectivity index (χ0v) is 8.48. The van der Waals surface area contributed by atoms with Crippen LogP contribution < -0.4 is 9.47 Å². The van der Waals surface area contributed by atoms with Crippen molar-refractivity contribution in [3.05, 3.63) is 23.8 Å². The third kappa shape index (κ3) is 2.42. The highest BCUT2D eigenvalue weighted by Gasteiger charge is 2.12. The summed E-state index contributed by atoms with van der Waals surface area (Å²) in [7, 11) is 3.01. The van der Waals surface area contributed by atoms with Gasteiger partial charge in [0.2, 0.25) is 0 Å². The van der Waals surface area contributed by atoms with E-state index >= 15 is 0 Å². The van der Waals surface area contributed by atoms with Crippen molar-refractivity contribution in [3.8, 4) is 11.5 Å². The monoisotopic (exact) mass is 207 g/mol. The number of ether oxygens (including phenoxy) is 2. The summed E-state index contributed by atoms with van der Waals surface area (Å²) in [4.78, 5) is 14.3. The van der Waals surface area contributed by atoms with Gasteiger partial charge in [-0.05, 0) is 18.2 Å². The Balaban J connectivity index is 3.13. The highest BCUT2D eigenvalue weighted by molar-refractivity contribution is 6.33. The molecule has 0 spiro atoms. The van der Waals surface area contributed by atoms with Crippen LogP contribution in [0.4, 0.5) is 0 Å². The Bertz CT molecular complexity index is 423. The maximum Gasteiger partial charge on any atom is 0.377 e. The minimum Gasteiger partial charge on any atom is -0.493 e. The summed E-state index contributed by atoms with van der Waals surface area (Å²) >= 11 is 0. The molecular weight excluding hydrogens is 196 g/mol. The number of nitrogens with zero attached hydrogens (tertiary/aromatic N) is 1. The van der Waals surface area contributed by atoms with Gasteiger partial charge >= 0.3 is 6.21 Å². The van der Waals surface area contributed by atoms with E-state index < -0.39 is 0 Å². The number of carbonyl (C=O) groups is 1. The number of carbonyl (C=O) groups excluding carboxylic acids is 1. The van der Waals surface area contributed by atoms with E-state index in [0.717, 1.165) is 6.21 Å². The van der Waals surface area contributed by atoms with Crippen molar-refractivity contribution in [3.63, 3.8) is 0 Å². The molecule has 0 fully saturated rings. The lowest BCUT2D eigenvalue weighted by Crippen LogP contribution is -2.02. The van der Waals surface area contributed by atoms with Crippen molar-refractivity contribution in [1.82, 2.24) is 0 Å². The van der Waals surface area contributed by atoms with Crippen molar-refractivity contribution in [1.29, 1.82) is 5.53 Å². The molecule has 0 unspecified atom stereocenters. The molecule has 0 aliphatic carbocycles. The molecule has 0 aliphatic heterocycles. The number of hydrogen-bond donors (Lipinski definition) is 1. The summed E-state index contributed by atoms with van der Waals surface area (Å²) in [5, 5.41) is 0. The third-order valence-electron chi connectivity index (χ3n) is 1.85. The summed E-state index contributed by atoms with van der Waals surface area (Å²) in [6.07, 6.45) is 0.932. The van der Waals surface area contributed by atoms with Crippen molar-refractivity contribution >= 4 is 12.0 Å². The van der Waals surface area contributed by atoms with Gasteiger partial charge in [0.05, 0.1) is 24.5 Å². The third-order valence-corrected chi connectivity index (χ3v) is 1.85. The molecule has 15 heavy (non-hydrogen) atoms. The van der Waals surface area contributed by atoms with E-state index in [2.05, 4.69) is 4.79 Å². The first-order valence-corrected chi connectivity index (χ1v) is 4.19. The van der Waals surface area contributed by atoms with Gasteiger partial charge in [0.1, 0.15) is 0 Å².